The highest BCUT2D eigenvalue weighted by Crippen LogP contribution is 2.38. The van der Waals surface area contributed by atoms with Gasteiger partial charge in [-0.25, -0.2) is 0 Å². The maximum absolute atomic E-state index is 13.3. The number of amides is 2. The van der Waals surface area contributed by atoms with Crippen molar-refractivity contribution in [3.05, 3.63) is 64.1 Å². The van der Waals surface area contributed by atoms with E-state index in [1.807, 2.05) is 48.5 Å². The molecule has 1 N–H and O–H groups in total. The summed E-state index contributed by atoms with van der Waals surface area (Å²) >= 11 is 3.55. The van der Waals surface area contributed by atoms with E-state index in [0.717, 1.165) is 27.7 Å². The van der Waals surface area contributed by atoms with E-state index in [-0.39, 0.29) is 24.4 Å². The van der Waals surface area contributed by atoms with Crippen molar-refractivity contribution in [2.24, 2.45) is 5.92 Å². The predicted molar refractivity (Wildman–Crippen MR) is 114 cm³/mol. The summed E-state index contributed by atoms with van der Waals surface area (Å²) in [6, 6.07) is 15.5. The molecular formula is C23H25BrN2O2. The number of fused-ring (bicyclic) bond motifs is 1. The van der Waals surface area contributed by atoms with Crippen LogP contribution in [0.15, 0.2) is 53.0 Å². The highest BCUT2D eigenvalue weighted by atomic mass is 79.9. The molecule has 146 valence electrons. The fourth-order valence-corrected chi connectivity index (χ4v) is 4.85. The minimum Gasteiger partial charge on any atom is -0.324 e. The van der Waals surface area contributed by atoms with Crippen LogP contribution in [0.2, 0.25) is 0 Å². The Balaban J connectivity index is 1.69. The Bertz CT molecular complexity index is 862. The van der Waals surface area contributed by atoms with Gasteiger partial charge >= 0.3 is 0 Å². The highest BCUT2D eigenvalue weighted by Gasteiger charge is 2.33. The number of anilines is 1. The molecule has 0 radical (unpaired) electrons. The molecule has 0 bridgehead atoms. The lowest BCUT2D eigenvalue weighted by atomic mass is 9.95. The van der Waals surface area contributed by atoms with Crippen LogP contribution in [0.4, 0.5) is 5.69 Å². The van der Waals surface area contributed by atoms with E-state index in [1.165, 1.54) is 25.7 Å². The molecule has 1 fully saturated rings. The normalized spacial score (nSPS) is 19.8. The summed E-state index contributed by atoms with van der Waals surface area (Å²) in [7, 11) is 0. The lowest BCUT2D eigenvalue weighted by Crippen LogP contribution is -2.39. The number of nitrogens with one attached hydrogen (secondary N) is 1. The van der Waals surface area contributed by atoms with E-state index in [4.69, 9.17) is 0 Å². The van der Waals surface area contributed by atoms with E-state index >= 15 is 0 Å². The van der Waals surface area contributed by atoms with Gasteiger partial charge in [0, 0.05) is 22.1 Å². The summed E-state index contributed by atoms with van der Waals surface area (Å²) in [5.41, 5.74) is 2.74. The zero-order chi connectivity index (χ0) is 19.5. The second-order valence-corrected chi connectivity index (χ2v) is 8.72. The topological polar surface area (TPSA) is 49.4 Å². The number of halogens is 1. The molecule has 4 rings (SSSR count). The molecule has 0 aromatic heterocycles. The van der Waals surface area contributed by atoms with Crippen LogP contribution in [-0.4, -0.2) is 23.3 Å². The number of carbonyl (C=O) groups is 2. The first-order valence-corrected chi connectivity index (χ1v) is 10.8. The number of hydrogen-bond acceptors (Lipinski definition) is 2. The molecule has 1 unspecified atom stereocenters. The van der Waals surface area contributed by atoms with Crippen LogP contribution in [0.1, 0.15) is 55.7 Å². The van der Waals surface area contributed by atoms with Crippen molar-refractivity contribution in [2.75, 3.05) is 11.9 Å². The number of carbonyl (C=O) groups excluding carboxylic acids is 2. The SMILES string of the molecule is O=C1CN(C(=O)CCC2CCCC2)C(c2ccccc2)c2cc(Br)ccc2N1. The summed E-state index contributed by atoms with van der Waals surface area (Å²) in [6.45, 7) is 0.0787. The monoisotopic (exact) mass is 440 g/mol. The van der Waals surface area contributed by atoms with Gasteiger partial charge in [0.05, 0.1) is 6.04 Å². The Kier molecular flexibility index (Phi) is 5.81. The molecule has 1 aliphatic carbocycles. The van der Waals surface area contributed by atoms with Crippen molar-refractivity contribution in [3.63, 3.8) is 0 Å². The van der Waals surface area contributed by atoms with Crippen LogP contribution >= 0.6 is 15.9 Å². The third-order valence-electron chi connectivity index (χ3n) is 5.88. The number of benzene rings is 2. The minimum absolute atomic E-state index is 0.0590. The quantitative estimate of drug-likeness (QED) is 0.701. The Morgan fingerprint density at radius 2 is 1.86 bits per heavy atom. The smallest absolute Gasteiger partial charge is 0.244 e. The summed E-state index contributed by atoms with van der Waals surface area (Å²) in [6.07, 6.45) is 6.43. The van der Waals surface area contributed by atoms with Crippen molar-refractivity contribution in [3.8, 4) is 0 Å². The molecule has 2 amide bonds. The molecule has 2 aliphatic rings. The first kappa shape index (κ1) is 19.2. The minimum atomic E-state index is -0.274. The van der Waals surface area contributed by atoms with Gasteiger partial charge in [-0.2, -0.15) is 0 Å². The third kappa shape index (κ3) is 4.14. The van der Waals surface area contributed by atoms with E-state index in [2.05, 4.69) is 21.2 Å². The molecule has 5 heteroatoms. The van der Waals surface area contributed by atoms with Gasteiger partial charge < -0.3 is 10.2 Å². The zero-order valence-electron chi connectivity index (χ0n) is 15.9. The van der Waals surface area contributed by atoms with Crippen LogP contribution in [0.3, 0.4) is 0 Å². The van der Waals surface area contributed by atoms with Crippen molar-refractivity contribution in [1.82, 2.24) is 4.90 Å². The van der Waals surface area contributed by atoms with Gasteiger partial charge in [-0.15, -0.1) is 0 Å². The van der Waals surface area contributed by atoms with Crippen molar-refractivity contribution >= 4 is 33.4 Å². The lowest BCUT2D eigenvalue weighted by molar-refractivity contribution is -0.136. The lowest BCUT2D eigenvalue weighted by Gasteiger charge is -2.31. The number of rotatable bonds is 4. The second kappa shape index (κ2) is 8.48. The summed E-state index contributed by atoms with van der Waals surface area (Å²) in [5.74, 6) is 0.571. The van der Waals surface area contributed by atoms with Crippen molar-refractivity contribution in [2.45, 2.75) is 44.6 Å². The molecule has 1 heterocycles. The molecule has 4 nitrogen and oxygen atoms in total. The van der Waals surface area contributed by atoms with E-state index in [9.17, 15) is 9.59 Å². The Hall–Kier alpha value is -2.14. The summed E-state index contributed by atoms with van der Waals surface area (Å²) in [4.78, 5) is 27.6. The first-order valence-electron chi connectivity index (χ1n) is 10.1. The van der Waals surface area contributed by atoms with E-state index in [0.29, 0.717) is 12.3 Å². The van der Waals surface area contributed by atoms with Crippen LogP contribution < -0.4 is 5.32 Å². The van der Waals surface area contributed by atoms with Gasteiger partial charge in [0.25, 0.3) is 0 Å². The van der Waals surface area contributed by atoms with Crippen molar-refractivity contribution in [1.29, 1.82) is 0 Å². The van der Waals surface area contributed by atoms with Crippen LogP contribution in [0.25, 0.3) is 0 Å². The van der Waals surface area contributed by atoms with Crippen LogP contribution in [-0.2, 0) is 9.59 Å². The summed E-state index contributed by atoms with van der Waals surface area (Å²) in [5, 5.41) is 2.98. The van der Waals surface area contributed by atoms with Gasteiger partial charge in [-0.05, 0) is 36.1 Å². The molecule has 2 aromatic rings. The molecule has 1 saturated carbocycles. The third-order valence-corrected chi connectivity index (χ3v) is 6.38. The van der Waals surface area contributed by atoms with Crippen LogP contribution in [0.5, 0.6) is 0 Å². The zero-order valence-corrected chi connectivity index (χ0v) is 17.5. The molecule has 1 atom stereocenters. The van der Waals surface area contributed by atoms with Gasteiger partial charge in [-0.3, -0.25) is 9.59 Å². The van der Waals surface area contributed by atoms with Gasteiger partial charge in [0.1, 0.15) is 6.54 Å². The predicted octanol–water partition coefficient (Wildman–Crippen LogP) is 5.29. The summed E-state index contributed by atoms with van der Waals surface area (Å²) < 4.78 is 0.932. The fourth-order valence-electron chi connectivity index (χ4n) is 4.47. The van der Waals surface area contributed by atoms with Gasteiger partial charge in [0.2, 0.25) is 11.8 Å². The molecule has 0 saturated heterocycles. The van der Waals surface area contributed by atoms with E-state index < -0.39 is 0 Å². The standard InChI is InChI=1S/C23H25BrN2O2/c24-18-11-12-20-19(14-18)23(17-8-2-1-3-9-17)26(15-21(27)25-20)22(28)13-10-16-6-4-5-7-16/h1-3,8-9,11-12,14,16,23H,4-7,10,13,15H2,(H,25,27). The molecular weight excluding hydrogens is 416 g/mol. The molecule has 1 aliphatic heterocycles. The van der Waals surface area contributed by atoms with Gasteiger partial charge in [0.15, 0.2) is 0 Å². The Morgan fingerprint density at radius 1 is 1.11 bits per heavy atom. The largest absolute Gasteiger partial charge is 0.324 e. The number of hydrogen-bond donors (Lipinski definition) is 1. The molecule has 0 spiro atoms. The maximum Gasteiger partial charge on any atom is 0.244 e. The Morgan fingerprint density at radius 3 is 2.61 bits per heavy atom. The second-order valence-electron chi connectivity index (χ2n) is 7.80. The van der Waals surface area contributed by atoms with Gasteiger partial charge in [-0.1, -0.05) is 71.9 Å². The number of nitrogens with zero attached hydrogens (tertiary/aromatic N) is 1. The highest BCUT2D eigenvalue weighted by molar-refractivity contribution is 9.10. The average Bonchev–Trinajstić information content (AvgIpc) is 3.17. The molecule has 2 aromatic carbocycles. The molecule has 28 heavy (non-hydrogen) atoms. The van der Waals surface area contributed by atoms with Crippen molar-refractivity contribution < 1.29 is 9.59 Å². The average molecular weight is 441 g/mol. The fraction of sp³-hybridized carbons (Fsp3) is 0.391. The maximum atomic E-state index is 13.3. The Labute approximate surface area is 174 Å². The first-order chi connectivity index (χ1) is 13.6. The van der Waals surface area contributed by atoms with E-state index in [1.54, 1.807) is 4.90 Å². The van der Waals surface area contributed by atoms with Crippen LogP contribution in [0, 0.1) is 5.92 Å².